The highest BCUT2D eigenvalue weighted by Gasteiger charge is 2.12. The zero-order valence-electron chi connectivity index (χ0n) is 12.0. The van der Waals surface area contributed by atoms with Crippen molar-refractivity contribution in [3.63, 3.8) is 0 Å². The van der Waals surface area contributed by atoms with Gasteiger partial charge in [-0.05, 0) is 31.0 Å². The number of rotatable bonds is 4. The quantitative estimate of drug-likeness (QED) is 0.745. The zero-order chi connectivity index (χ0) is 14.8. The van der Waals surface area contributed by atoms with Gasteiger partial charge in [0.2, 0.25) is 0 Å². The van der Waals surface area contributed by atoms with Gasteiger partial charge in [-0.1, -0.05) is 37.1 Å². The van der Waals surface area contributed by atoms with Crippen molar-refractivity contribution in [2.45, 2.75) is 26.7 Å². The van der Waals surface area contributed by atoms with Crippen LogP contribution in [0.2, 0.25) is 5.15 Å². The number of fused-ring (bicyclic) bond motifs is 1. The van der Waals surface area contributed by atoms with Crippen LogP contribution in [0.5, 0.6) is 0 Å². The number of hydrogen-bond donors (Lipinski definition) is 1. The molecule has 6 heteroatoms. The molecule has 0 aliphatic carbocycles. The second-order valence-corrected chi connectivity index (χ2v) is 5.28. The maximum Gasteiger partial charge on any atom is 0.255 e. The standard InChI is InChI=1S/C15H16ClN5/c1-3-4-11-5-7-12(8-6-11)19-14-10(2)13(16)20-15-17-9-18-21(14)15/h5-9,19H,3-4H2,1-2H3. The molecule has 0 amide bonds. The van der Waals surface area contributed by atoms with E-state index >= 15 is 0 Å². The summed E-state index contributed by atoms with van der Waals surface area (Å²) in [7, 11) is 0. The molecule has 3 rings (SSSR count). The number of benzene rings is 1. The van der Waals surface area contributed by atoms with Gasteiger partial charge in [0, 0.05) is 11.3 Å². The van der Waals surface area contributed by atoms with Crippen molar-refractivity contribution in [2.75, 3.05) is 5.32 Å². The molecule has 1 N–H and O–H groups in total. The van der Waals surface area contributed by atoms with Crippen molar-refractivity contribution in [1.29, 1.82) is 0 Å². The Morgan fingerprint density at radius 2 is 2.00 bits per heavy atom. The van der Waals surface area contributed by atoms with Crippen molar-refractivity contribution in [3.8, 4) is 0 Å². The average Bonchev–Trinajstić information content (AvgIpc) is 2.94. The van der Waals surface area contributed by atoms with E-state index < -0.39 is 0 Å². The van der Waals surface area contributed by atoms with Crippen LogP contribution < -0.4 is 5.32 Å². The van der Waals surface area contributed by atoms with Crippen LogP contribution in [-0.2, 0) is 6.42 Å². The minimum atomic E-state index is 0.431. The molecule has 3 aromatic rings. The Morgan fingerprint density at radius 3 is 2.71 bits per heavy atom. The van der Waals surface area contributed by atoms with Crippen molar-refractivity contribution in [1.82, 2.24) is 19.6 Å². The number of nitrogens with zero attached hydrogens (tertiary/aromatic N) is 4. The fourth-order valence-corrected chi connectivity index (χ4v) is 2.39. The summed E-state index contributed by atoms with van der Waals surface area (Å²) < 4.78 is 1.65. The molecule has 2 heterocycles. The smallest absolute Gasteiger partial charge is 0.255 e. The minimum Gasteiger partial charge on any atom is -0.340 e. The molecule has 108 valence electrons. The number of hydrogen-bond acceptors (Lipinski definition) is 4. The van der Waals surface area contributed by atoms with Crippen LogP contribution in [0.1, 0.15) is 24.5 Å². The summed E-state index contributed by atoms with van der Waals surface area (Å²) in [5.41, 5.74) is 3.16. The lowest BCUT2D eigenvalue weighted by atomic mass is 10.1. The van der Waals surface area contributed by atoms with Gasteiger partial charge in [0.1, 0.15) is 17.3 Å². The predicted octanol–water partition coefficient (Wildman–Crippen LogP) is 3.78. The van der Waals surface area contributed by atoms with Gasteiger partial charge in [-0.25, -0.2) is 0 Å². The Morgan fingerprint density at radius 1 is 1.24 bits per heavy atom. The van der Waals surface area contributed by atoms with E-state index in [1.54, 1.807) is 4.52 Å². The fraction of sp³-hybridized carbons (Fsp3) is 0.267. The van der Waals surface area contributed by atoms with E-state index in [2.05, 4.69) is 51.6 Å². The van der Waals surface area contributed by atoms with Crippen LogP contribution in [0.3, 0.4) is 0 Å². The Hall–Kier alpha value is -2.14. The first-order valence-electron chi connectivity index (χ1n) is 6.91. The number of nitrogens with one attached hydrogen (secondary N) is 1. The lowest BCUT2D eigenvalue weighted by Crippen LogP contribution is -2.05. The molecule has 0 atom stereocenters. The first-order valence-corrected chi connectivity index (χ1v) is 7.28. The van der Waals surface area contributed by atoms with Gasteiger partial charge < -0.3 is 5.32 Å². The number of halogens is 1. The molecule has 0 aliphatic rings. The van der Waals surface area contributed by atoms with Gasteiger partial charge in [0.15, 0.2) is 0 Å². The molecule has 0 radical (unpaired) electrons. The van der Waals surface area contributed by atoms with Crippen LogP contribution >= 0.6 is 11.6 Å². The lowest BCUT2D eigenvalue weighted by Gasteiger charge is -2.12. The predicted molar refractivity (Wildman–Crippen MR) is 84.2 cm³/mol. The van der Waals surface area contributed by atoms with Gasteiger partial charge in [-0.3, -0.25) is 0 Å². The van der Waals surface area contributed by atoms with E-state index in [0.29, 0.717) is 10.9 Å². The molecule has 0 bridgehead atoms. The van der Waals surface area contributed by atoms with E-state index in [1.807, 2.05) is 6.92 Å². The number of anilines is 2. The molecule has 0 saturated carbocycles. The first-order chi connectivity index (χ1) is 10.2. The Kier molecular flexibility index (Phi) is 3.75. The highest BCUT2D eigenvalue weighted by Crippen LogP contribution is 2.25. The highest BCUT2D eigenvalue weighted by molar-refractivity contribution is 6.30. The Labute approximate surface area is 128 Å². The van der Waals surface area contributed by atoms with Gasteiger partial charge in [-0.2, -0.15) is 19.6 Å². The number of aromatic nitrogens is 4. The molecule has 1 aromatic carbocycles. The molecular weight excluding hydrogens is 286 g/mol. The summed E-state index contributed by atoms with van der Waals surface area (Å²) >= 11 is 6.15. The second kappa shape index (κ2) is 5.69. The van der Waals surface area contributed by atoms with Crippen LogP contribution in [0, 0.1) is 6.92 Å². The van der Waals surface area contributed by atoms with Gasteiger partial charge in [0.25, 0.3) is 5.78 Å². The third kappa shape index (κ3) is 2.69. The van der Waals surface area contributed by atoms with Crippen LogP contribution in [0.25, 0.3) is 5.78 Å². The maximum atomic E-state index is 6.15. The summed E-state index contributed by atoms with van der Waals surface area (Å²) in [6, 6.07) is 8.37. The third-order valence-electron chi connectivity index (χ3n) is 3.36. The minimum absolute atomic E-state index is 0.431. The lowest BCUT2D eigenvalue weighted by molar-refractivity contribution is 0.921. The molecule has 21 heavy (non-hydrogen) atoms. The monoisotopic (exact) mass is 301 g/mol. The van der Waals surface area contributed by atoms with Crippen molar-refractivity contribution in [2.24, 2.45) is 0 Å². The van der Waals surface area contributed by atoms with E-state index in [4.69, 9.17) is 11.6 Å². The first kappa shape index (κ1) is 13.8. The van der Waals surface area contributed by atoms with Gasteiger partial charge in [-0.15, -0.1) is 0 Å². The summed E-state index contributed by atoms with van der Waals surface area (Å²) in [5.74, 6) is 1.27. The van der Waals surface area contributed by atoms with E-state index in [0.717, 1.165) is 29.9 Å². The van der Waals surface area contributed by atoms with Crippen molar-refractivity contribution in [3.05, 3.63) is 46.9 Å². The van der Waals surface area contributed by atoms with E-state index in [1.165, 1.54) is 11.9 Å². The summed E-state index contributed by atoms with van der Waals surface area (Å²) in [5, 5.41) is 7.96. The molecule has 0 unspecified atom stereocenters. The molecule has 5 nitrogen and oxygen atoms in total. The van der Waals surface area contributed by atoms with Crippen LogP contribution in [-0.4, -0.2) is 19.6 Å². The Balaban J connectivity index is 1.97. The normalized spacial score (nSPS) is 11.0. The highest BCUT2D eigenvalue weighted by atomic mass is 35.5. The van der Waals surface area contributed by atoms with Crippen LogP contribution in [0.15, 0.2) is 30.6 Å². The third-order valence-corrected chi connectivity index (χ3v) is 3.73. The van der Waals surface area contributed by atoms with E-state index in [9.17, 15) is 0 Å². The van der Waals surface area contributed by atoms with Crippen molar-refractivity contribution >= 4 is 28.9 Å². The second-order valence-electron chi connectivity index (χ2n) is 4.92. The van der Waals surface area contributed by atoms with Crippen molar-refractivity contribution < 1.29 is 0 Å². The molecule has 2 aromatic heterocycles. The summed E-state index contributed by atoms with van der Waals surface area (Å²) in [6.07, 6.45) is 3.70. The maximum absolute atomic E-state index is 6.15. The molecular formula is C15H16ClN5. The zero-order valence-corrected chi connectivity index (χ0v) is 12.7. The van der Waals surface area contributed by atoms with Gasteiger partial charge >= 0.3 is 0 Å². The average molecular weight is 302 g/mol. The molecule has 0 spiro atoms. The molecule has 0 saturated heterocycles. The summed E-state index contributed by atoms with van der Waals surface area (Å²) in [4.78, 5) is 8.27. The topological polar surface area (TPSA) is 55.1 Å². The van der Waals surface area contributed by atoms with E-state index in [-0.39, 0.29) is 0 Å². The summed E-state index contributed by atoms with van der Waals surface area (Å²) in [6.45, 7) is 4.08. The van der Waals surface area contributed by atoms with Gasteiger partial charge in [0.05, 0.1) is 0 Å². The SMILES string of the molecule is CCCc1ccc(Nc2c(C)c(Cl)nc3ncnn23)cc1. The largest absolute Gasteiger partial charge is 0.340 e. The number of aryl methyl sites for hydroxylation is 1. The molecule has 0 fully saturated rings. The fourth-order valence-electron chi connectivity index (χ4n) is 2.22. The van der Waals surface area contributed by atoms with Crippen LogP contribution in [0.4, 0.5) is 11.5 Å². The Bertz CT molecular complexity index is 764. The molecule has 0 aliphatic heterocycles.